The van der Waals surface area contributed by atoms with Gasteiger partial charge in [0.1, 0.15) is 0 Å². The first kappa shape index (κ1) is 10.9. The second kappa shape index (κ2) is 3.46. The fourth-order valence-corrected chi connectivity index (χ4v) is 2.58. The summed E-state index contributed by atoms with van der Waals surface area (Å²) in [4.78, 5) is 11.1. The molecule has 0 amide bonds. The van der Waals surface area contributed by atoms with Gasteiger partial charge in [0, 0.05) is 18.9 Å². The highest BCUT2D eigenvalue weighted by Crippen LogP contribution is 2.46. The van der Waals surface area contributed by atoms with Crippen LogP contribution in [0.25, 0.3) is 0 Å². The largest absolute Gasteiger partial charge is 0.479 e. The number of hydrogen-bond acceptors (Lipinski definition) is 3. The molecule has 0 aromatic carbocycles. The van der Waals surface area contributed by atoms with Gasteiger partial charge in [0.05, 0.1) is 12.2 Å². The van der Waals surface area contributed by atoms with Crippen molar-refractivity contribution in [2.45, 2.75) is 44.3 Å². The fraction of sp³-hybridized carbons (Fsp3) is 0.909. The van der Waals surface area contributed by atoms with Gasteiger partial charge in [0.15, 0.2) is 5.60 Å². The van der Waals surface area contributed by atoms with E-state index in [1.165, 1.54) is 0 Å². The molecule has 2 aliphatic heterocycles. The SMILES string of the molecule is CC1COCCC12CCC(C)(C(=O)O)O2. The smallest absolute Gasteiger partial charge is 0.335 e. The molecule has 1 N–H and O–H groups in total. The molecule has 2 rings (SSSR count). The molecule has 0 radical (unpaired) electrons. The Kier molecular flexibility index (Phi) is 2.51. The van der Waals surface area contributed by atoms with Gasteiger partial charge in [0.2, 0.25) is 0 Å². The molecule has 4 heteroatoms. The average molecular weight is 214 g/mol. The third-order valence-corrected chi connectivity index (χ3v) is 3.84. The van der Waals surface area contributed by atoms with Gasteiger partial charge < -0.3 is 14.6 Å². The van der Waals surface area contributed by atoms with E-state index in [4.69, 9.17) is 14.6 Å². The predicted molar refractivity (Wildman–Crippen MR) is 53.7 cm³/mol. The summed E-state index contributed by atoms with van der Waals surface area (Å²) in [6.07, 6.45) is 2.25. The minimum Gasteiger partial charge on any atom is -0.479 e. The molecule has 1 spiro atoms. The van der Waals surface area contributed by atoms with Crippen LogP contribution >= 0.6 is 0 Å². The maximum atomic E-state index is 11.1. The summed E-state index contributed by atoms with van der Waals surface area (Å²) in [6, 6.07) is 0. The van der Waals surface area contributed by atoms with Gasteiger partial charge in [-0.05, 0) is 19.8 Å². The summed E-state index contributed by atoms with van der Waals surface area (Å²) >= 11 is 0. The number of carboxylic acid groups (broad SMARTS) is 1. The van der Waals surface area contributed by atoms with Crippen LogP contribution in [0.2, 0.25) is 0 Å². The van der Waals surface area contributed by atoms with Crippen LogP contribution in [0.4, 0.5) is 0 Å². The molecule has 3 atom stereocenters. The number of carbonyl (C=O) groups is 1. The van der Waals surface area contributed by atoms with Crippen molar-refractivity contribution < 1.29 is 19.4 Å². The summed E-state index contributed by atoms with van der Waals surface area (Å²) in [6.45, 7) is 5.11. The van der Waals surface area contributed by atoms with Crippen molar-refractivity contribution >= 4 is 5.97 Å². The molecule has 2 heterocycles. The van der Waals surface area contributed by atoms with Gasteiger partial charge in [-0.3, -0.25) is 0 Å². The molecule has 0 saturated carbocycles. The standard InChI is InChI=1S/C11H18O4/c1-8-7-14-6-5-11(8)4-3-10(2,15-11)9(12)13/h8H,3-7H2,1-2H3,(H,12,13). The lowest BCUT2D eigenvalue weighted by Gasteiger charge is -2.40. The number of aliphatic carboxylic acids is 1. The van der Waals surface area contributed by atoms with Crippen LogP contribution < -0.4 is 0 Å². The Morgan fingerprint density at radius 2 is 2.13 bits per heavy atom. The summed E-state index contributed by atoms with van der Waals surface area (Å²) in [5.74, 6) is -0.564. The quantitative estimate of drug-likeness (QED) is 0.717. The molecule has 2 saturated heterocycles. The third-order valence-electron chi connectivity index (χ3n) is 3.84. The van der Waals surface area contributed by atoms with Crippen molar-refractivity contribution in [1.82, 2.24) is 0 Å². The van der Waals surface area contributed by atoms with E-state index < -0.39 is 11.6 Å². The van der Waals surface area contributed by atoms with Crippen LogP contribution in [0, 0.1) is 5.92 Å². The molecular weight excluding hydrogens is 196 g/mol. The zero-order chi connectivity index (χ0) is 11.1. The van der Waals surface area contributed by atoms with Gasteiger partial charge in [-0.1, -0.05) is 6.92 Å². The Labute approximate surface area is 89.6 Å². The Hall–Kier alpha value is -0.610. The van der Waals surface area contributed by atoms with Crippen molar-refractivity contribution in [1.29, 1.82) is 0 Å². The molecule has 0 aromatic rings. The van der Waals surface area contributed by atoms with Gasteiger partial charge >= 0.3 is 5.97 Å². The van der Waals surface area contributed by atoms with E-state index in [1.54, 1.807) is 6.92 Å². The van der Waals surface area contributed by atoms with E-state index in [-0.39, 0.29) is 11.5 Å². The Morgan fingerprint density at radius 1 is 1.40 bits per heavy atom. The molecule has 2 aliphatic rings. The summed E-state index contributed by atoms with van der Waals surface area (Å²) in [7, 11) is 0. The highest BCUT2D eigenvalue weighted by Gasteiger charge is 2.54. The Balaban J connectivity index is 2.16. The maximum absolute atomic E-state index is 11.1. The normalized spacial score (nSPS) is 45.9. The van der Waals surface area contributed by atoms with Crippen molar-refractivity contribution in [2.75, 3.05) is 13.2 Å². The lowest BCUT2D eigenvalue weighted by atomic mass is 9.82. The van der Waals surface area contributed by atoms with Crippen molar-refractivity contribution in [3.05, 3.63) is 0 Å². The van der Waals surface area contributed by atoms with Crippen LogP contribution in [-0.2, 0) is 14.3 Å². The van der Waals surface area contributed by atoms with Gasteiger partial charge in [-0.15, -0.1) is 0 Å². The minimum atomic E-state index is -0.994. The highest BCUT2D eigenvalue weighted by molar-refractivity contribution is 5.77. The van der Waals surface area contributed by atoms with Gasteiger partial charge in [-0.2, -0.15) is 0 Å². The third kappa shape index (κ3) is 1.66. The lowest BCUT2D eigenvalue weighted by molar-refractivity contribution is -0.191. The van der Waals surface area contributed by atoms with Crippen LogP contribution in [0.3, 0.4) is 0 Å². The van der Waals surface area contributed by atoms with E-state index in [1.807, 2.05) is 0 Å². The van der Waals surface area contributed by atoms with E-state index >= 15 is 0 Å². The number of carboxylic acids is 1. The topological polar surface area (TPSA) is 55.8 Å². The van der Waals surface area contributed by atoms with E-state index in [0.29, 0.717) is 19.6 Å². The van der Waals surface area contributed by atoms with Crippen molar-refractivity contribution in [2.24, 2.45) is 5.92 Å². The number of hydrogen-bond donors (Lipinski definition) is 1. The Bertz CT molecular complexity index is 278. The van der Waals surface area contributed by atoms with Crippen LogP contribution in [-0.4, -0.2) is 35.5 Å². The molecule has 3 unspecified atom stereocenters. The minimum absolute atomic E-state index is 0.259. The van der Waals surface area contributed by atoms with Crippen molar-refractivity contribution in [3.63, 3.8) is 0 Å². The van der Waals surface area contributed by atoms with Crippen molar-refractivity contribution in [3.8, 4) is 0 Å². The van der Waals surface area contributed by atoms with E-state index in [9.17, 15) is 4.79 Å². The Morgan fingerprint density at radius 3 is 2.67 bits per heavy atom. The molecule has 15 heavy (non-hydrogen) atoms. The highest BCUT2D eigenvalue weighted by atomic mass is 16.6. The molecule has 0 aromatic heterocycles. The first-order valence-corrected chi connectivity index (χ1v) is 5.50. The van der Waals surface area contributed by atoms with Gasteiger partial charge in [0.25, 0.3) is 0 Å². The van der Waals surface area contributed by atoms with Crippen LogP contribution in [0.1, 0.15) is 33.1 Å². The first-order chi connectivity index (χ1) is 6.99. The van der Waals surface area contributed by atoms with Gasteiger partial charge in [-0.25, -0.2) is 4.79 Å². The molecule has 4 nitrogen and oxygen atoms in total. The molecule has 86 valence electrons. The lowest BCUT2D eigenvalue weighted by Crippen LogP contribution is -2.47. The summed E-state index contributed by atoms with van der Waals surface area (Å²) < 4.78 is 11.2. The van der Waals surface area contributed by atoms with E-state index in [0.717, 1.165) is 12.8 Å². The monoisotopic (exact) mass is 214 g/mol. The van der Waals surface area contributed by atoms with Crippen LogP contribution in [0.5, 0.6) is 0 Å². The number of rotatable bonds is 1. The molecule has 0 bridgehead atoms. The predicted octanol–water partition coefficient (Wildman–Crippen LogP) is 1.44. The summed E-state index contributed by atoms with van der Waals surface area (Å²) in [5, 5.41) is 9.12. The molecule has 2 fully saturated rings. The number of ether oxygens (including phenoxy) is 2. The van der Waals surface area contributed by atoms with E-state index in [2.05, 4.69) is 6.92 Å². The molecular formula is C11H18O4. The second-order valence-corrected chi connectivity index (χ2v) is 4.93. The van der Waals surface area contributed by atoms with Crippen LogP contribution in [0.15, 0.2) is 0 Å². The zero-order valence-corrected chi connectivity index (χ0v) is 9.28. The summed E-state index contributed by atoms with van der Waals surface area (Å²) in [5.41, 5.74) is -1.25. The fourth-order valence-electron chi connectivity index (χ4n) is 2.58. The average Bonchev–Trinajstić information content (AvgIpc) is 2.52. The second-order valence-electron chi connectivity index (χ2n) is 4.93. The maximum Gasteiger partial charge on any atom is 0.335 e. The first-order valence-electron chi connectivity index (χ1n) is 5.50. The zero-order valence-electron chi connectivity index (χ0n) is 9.28. The molecule has 0 aliphatic carbocycles.